The van der Waals surface area contributed by atoms with E-state index in [0.29, 0.717) is 34.6 Å². The third kappa shape index (κ3) is 5.90. The average Bonchev–Trinajstić information content (AvgIpc) is 3.16. The number of ether oxygens (including phenoxy) is 2. The third-order valence-corrected chi connectivity index (χ3v) is 5.87. The van der Waals surface area contributed by atoms with Gasteiger partial charge in [0.25, 0.3) is 11.8 Å². The van der Waals surface area contributed by atoms with Crippen LogP contribution in [0.1, 0.15) is 31.0 Å². The minimum Gasteiger partial charge on any atom is -0.490 e. The van der Waals surface area contributed by atoms with Gasteiger partial charge < -0.3 is 20.1 Å². The first-order valence-corrected chi connectivity index (χ1v) is 12.0. The van der Waals surface area contributed by atoms with Crippen molar-refractivity contribution in [2.45, 2.75) is 19.9 Å². The summed E-state index contributed by atoms with van der Waals surface area (Å²) in [6, 6.07) is 24.0. The van der Waals surface area contributed by atoms with Gasteiger partial charge in [0.1, 0.15) is 5.70 Å². The maximum Gasteiger partial charge on any atom is 0.277 e. The van der Waals surface area contributed by atoms with E-state index in [-0.39, 0.29) is 24.5 Å². The minimum atomic E-state index is -0.281. The molecule has 1 atom stereocenters. The zero-order chi connectivity index (χ0) is 25.5. The lowest BCUT2D eigenvalue weighted by molar-refractivity contribution is -0.123. The SMILES string of the molecule is CCOc1cc(/C=C2\NC(=S)N(C(C)c3ccccc3)C2=O)ccc1OCC(=O)Nc1ccccc1. The number of rotatable bonds is 9. The quantitative estimate of drug-likeness (QED) is 0.320. The van der Waals surface area contributed by atoms with Crippen molar-refractivity contribution in [1.82, 2.24) is 10.2 Å². The molecule has 1 aliphatic heterocycles. The highest BCUT2D eigenvalue weighted by atomic mass is 32.1. The zero-order valence-electron chi connectivity index (χ0n) is 20.1. The molecule has 0 bridgehead atoms. The number of para-hydroxylation sites is 1. The van der Waals surface area contributed by atoms with E-state index >= 15 is 0 Å². The number of amides is 2. The number of hydrogen-bond donors (Lipinski definition) is 2. The fourth-order valence-electron chi connectivity index (χ4n) is 3.81. The fraction of sp³-hybridized carbons (Fsp3) is 0.179. The number of anilines is 1. The lowest BCUT2D eigenvalue weighted by atomic mass is 10.1. The molecule has 1 saturated heterocycles. The van der Waals surface area contributed by atoms with Gasteiger partial charge in [-0.1, -0.05) is 54.6 Å². The molecule has 8 heteroatoms. The Bertz CT molecular complexity index is 1280. The standard InChI is InChI=1S/C28H27N3O4S/c1-3-34-25-17-20(14-15-24(25)35-18-26(32)29-22-12-8-5-9-13-22)16-23-27(33)31(28(36)30-23)19(2)21-10-6-4-7-11-21/h4-17,19H,3,18H2,1-2H3,(H,29,32)(H,30,36)/b23-16-. The number of benzene rings is 3. The van der Waals surface area contributed by atoms with E-state index in [1.54, 1.807) is 41.3 Å². The molecule has 3 aromatic carbocycles. The first kappa shape index (κ1) is 24.9. The second kappa shape index (κ2) is 11.5. The normalized spacial score (nSPS) is 14.9. The van der Waals surface area contributed by atoms with Crippen molar-refractivity contribution in [3.63, 3.8) is 0 Å². The van der Waals surface area contributed by atoms with E-state index in [9.17, 15) is 9.59 Å². The molecule has 0 aromatic heterocycles. The smallest absolute Gasteiger partial charge is 0.277 e. The van der Waals surface area contributed by atoms with Crippen LogP contribution in [0.3, 0.4) is 0 Å². The highest BCUT2D eigenvalue weighted by Crippen LogP contribution is 2.31. The monoisotopic (exact) mass is 501 g/mol. The van der Waals surface area contributed by atoms with Crippen LogP contribution in [-0.2, 0) is 9.59 Å². The maximum absolute atomic E-state index is 13.1. The molecule has 0 aliphatic carbocycles. The molecule has 3 aromatic rings. The molecule has 184 valence electrons. The molecule has 4 rings (SSSR count). The van der Waals surface area contributed by atoms with Gasteiger partial charge in [-0.25, -0.2) is 0 Å². The number of nitrogens with zero attached hydrogens (tertiary/aromatic N) is 1. The Balaban J connectivity index is 1.47. The molecule has 1 fully saturated rings. The molecular formula is C28H27N3O4S. The molecule has 7 nitrogen and oxygen atoms in total. The van der Waals surface area contributed by atoms with Gasteiger partial charge in [-0.3, -0.25) is 14.5 Å². The van der Waals surface area contributed by atoms with Crippen LogP contribution in [-0.4, -0.2) is 35.0 Å². The summed E-state index contributed by atoms with van der Waals surface area (Å²) in [5, 5.41) is 6.16. The number of carbonyl (C=O) groups is 2. The van der Waals surface area contributed by atoms with Crippen LogP contribution < -0.4 is 20.1 Å². The van der Waals surface area contributed by atoms with E-state index in [1.165, 1.54) is 0 Å². The first-order chi connectivity index (χ1) is 17.5. The molecule has 2 amide bonds. The second-order valence-corrected chi connectivity index (χ2v) is 8.48. The Hall–Kier alpha value is -4.17. The van der Waals surface area contributed by atoms with Crippen molar-refractivity contribution in [1.29, 1.82) is 0 Å². The molecule has 1 unspecified atom stereocenters. The van der Waals surface area contributed by atoms with Gasteiger partial charge in [0.05, 0.1) is 12.6 Å². The molecule has 36 heavy (non-hydrogen) atoms. The van der Waals surface area contributed by atoms with Crippen molar-refractivity contribution in [3.05, 3.63) is 95.7 Å². The van der Waals surface area contributed by atoms with Crippen molar-refractivity contribution >= 4 is 40.9 Å². The van der Waals surface area contributed by atoms with Crippen LogP contribution in [0.4, 0.5) is 5.69 Å². The molecule has 1 aliphatic rings. The Labute approximate surface area is 215 Å². The van der Waals surface area contributed by atoms with Crippen molar-refractivity contribution < 1.29 is 19.1 Å². The van der Waals surface area contributed by atoms with Crippen LogP contribution in [0.25, 0.3) is 6.08 Å². The Morgan fingerprint density at radius 2 is 1.72 bits per heavy atom. The predicted octanol–water partition coefficient (Wildman–Crippen LogP) is 4.92. The number of hydrogen-bond acceptors (Lipinski definition) is 5. The van der Waals surface area contributed by atoms with Crippen LogP contribution >= 0.6 is 12.2 Å². The lowest BCUT2D eigenvalue weighted by Gasteiger charge is -2.23. The summed E-state index contributed by atoms with van der Waals surface area (Å²) in [6.45, 7) is 4.05. The molecule has 0 spiro atoms. The van der Waals surface area contributed by atoms with Gasteiger partial charge in [0.15, 0.2) is 23.2 Å². The topological polar surface area (TPSA) is 79.9 Å². The van der Waals surface area contributed by atoms with Gasteiger partial charge in [0.2, 0.25) is 0 Å². The highest BCUT2D eigenvalue weighted by molar-refractivity contribution is 7.80. The van der Waals surface area contributed by atoms with Crippen LogP contribution in [0.5, 0.6) is 11.5 Å². The lowest BCUT2D eigenvalue weighted by Crippen LogP contribution is -2.33. The summed E-state index contributed by atoms with van der Waals surface area (Å²) < 4.78 is 11.4. The van der Waals surface area contributed by atoms with Crippen LogP contribution in [0, 0.1) is 0 Å². The van der Waals surface area contributed by atoms with Gasteiger partial charge >= 0.3 is 0 Å². The van der Waals surface area contributed by atoms with E-state index in [2.05, 4.69) is 10.6 Å². The predicted molar refractivity (Wildman–Crippen MR) is 144 cm³/mol. The van der Waals surface area contributed by atoms with E-state index in [4.69, 9.17) is 21.7 Å². The van der Waals surface area contributed by atoms with Crippen LogP contribution in [0.15, 0.2) is 84.6 Å². The summed E-state index contributed by atoms with van der Waals surface area (Å²) in [4.78, 5) is 27.0. The summed E-state index contributed by atoms with van der Waals surface area (Å²) in [6.07, 6.45) is 1.72. The first-order valence-electron chi connectivity index (χ1n) is 11.6. The number of carbonyl (C=O) groups excluding carboxylic acids is 2. The summed E-state index contributed by atoms with van der Waals surface area (Å²) in [5.41, 5.74) is 2.79. The zero-order valence-corrected chi connectivity index (χ0v) is 20.9. The molecular weight excluding hydrogens is 474 g/mol. The van der Waals surface area contributed by atoms with E-state index in [0.717, 1.165) is 11.1 Å². The minimum absolute atomic E-state index is 0.171. The van der Waals surface area contributed by atoms with E-state index < -0.39 is 0 Å². The van der Waals surface area contributed by atoms with Gasteiger partial charge in [-0.05, 0) is 67.5 Å². The summed E-state index contributed by atoms with van der Waals surface area (Å²) in [7, 11) is 0. The number of nitrogens with one attached hydrogen (secondary N) is 2. The maximum atomic E-state index is 13.1. The van der Waals surface area contributed by atoms with E-state index in [1.807, 2.05) is 62.4 Å². The highest BCUT2D eigenvalue weighted by Gasteiger charge is 2.34. The van der Waals surface area contributed by atoms with Gasteiger partial charge in [-0.15, -0.1) is 0 Å². The molecule has 1 heterocycles. The molecule has 0 radical (unpaired) electrons. The largest absolute Gasteiger partial charge is 0.490 e. The van der Waals surface area contributed by atoms with Gasteiger partial charge in [0, 0.05) is 5.69 Å². The fourth-order valence-corrected chi connectivity index (χ4v) is 4.16. The average molecular weight is 502 g/mol. The Morgan fingerprint density at radius 1 is 1.03 bits per heavy atom. The molecule has 0 saturated carbocycles. The van der Waals surface area contributed by atoms with Gasteiger partial charge in [-0.2, -0.15) is 0 Å². The molecule has 2 N–H and O–H groups in total. The number of thiocarbonyl (C=S) groups is 1. The Kier molecular flexibility index (Phi) is 7.97. The summed E-state index contributed by atoms with van der Waals surface area (Å²) in [5.74, 6) is 0.425. The van der Waals surface area contributed by atoms with Crippen molar-refractivity contribution in [2.75, 3.05) is 18.5 Å². The third-order valence-electron chi connectivity index (χ3n) is 5.57. The Morgan fingerprint density at radius 3 is 2.42 bits per heavy atom. The van der Waals surface area contributed by atoms with Crippen molar-refractivity contribution in [3.8, 4) is 11.5 Å². The second-order valence-electron chi connectivity index (χ2n) is 8.09. The van der Waals surface area contributed by atoms with Crippen molar-refractivity contribution in [2.24, 2.45) is 0 Å². The summed E-state index contributed by atoms with van der Waals surface area (Å²) >= 11 is 5.45. The van der Waals surface area contributed by atoms with Crippen LogP contribution in [0.2, 0.25) is 0 Å².